The zero-order valence-electron chi connectivity index (χ0n) is 20.8. The molecular formula is C29H25F6OPS. The number of aryl methyl sites for hydroxylation is 1. The van der Waals surface area contributed by atoms with Gasteiger partial charge in [0.25, 0.3) is 0 Å². The van der Waals surface area contributed by atoms with Crippen molar-refractivity contribution in [3.63, 3.8) is 0 Å². The fourth-order valence-corrected chi connectivity index (χ4v) is 6.47. The predicted molar refractivity (Wildman–Crippen MR) is 149 cm³/mol. The number of rotatable bonds is 3. The molecular weight excluding hydrogens is 541 g/mol. The first-order valence-corrected chi connectivity index (χ1v) is 15.0. The van der Waals surface area contributed by atoms with Crippen LogP contribution in [0, 0.1) is 6.92 Å². The van der Waals surface area contributed by atoms with Crippen molar-refractivity contribution in [2.45, 2.75) is 26.7 Å². The third kappa shape index (κ3) is 7.00. The van der Waals surface area contributed by atoms with Crippen LogP contribution in [-0.2, 0) is 0 Å². The number of hydrogen-bond acceptors (Lipinski definition) is 1. The average molecular weight is 567 g/mol. The van der Waals surface area contributed by atoms with Crippen LogP contribution in [0.3, 0.4) is 0 Å². The van der Waals surface area contributed by atoms with E-state index in [0.717, 1.165) is 20.2 Å². The van der Waals surface area contributed by atoms with Crippen LogP contribution in [0.1, 0.15) is 30.9 Å². The molecule has 5 aromatic rings. The van der Waals surface area contributed by atoms with E-state index in [4.69, 9.17) is 0 Å². The minimum atomic E-state index is -10.7. The van der Waals surface area contributed by atoms with Gasteiger partial charge in [0.15, 0.2) is 14.3 Å². The Hall–Kier alpha value is -3.22. The molecule has 1 aromatic heterocycles. The summed E-state index contributed by atoms with van der Waals surface area (Å²) in [6.07, 6.45) is 0. The molecule has 38 heavy (non-hydrogen) atoms. The number of benzene rings is 4. The molecule has 1 unspecified atom stereocenters. The fourth-order valence-electron chi connectivity index (χ4n) is 4.14. The Morgan fingerprint density at radius 3 is 1.71 bits per heavy atom. The standard InChI is InChI=1S/C29H25OS.F6P/c1-19(2)23-14-17-28-26(18-23)29(30)25-6-4-5-7-27(25)31(28)24-15-12-22(13-16-24)21-10-8-20(3)9-11-21;1-7(2,3,4,5)6/h4-19H,1-3H3;/q+1;-1. The molecule has 0 spiro atoms. The summed E-state index contributed by atoms with van der Waals surface area (Å²) in [5, 5.41) is 1.69. The molecule has 200 valence electrons. The van der Waals surface area contributed by atoms with Crippen molar-refractivity contribution in [1.82, 2.24) is 0 Å². The van der Waals surface area contributed by atoms with Crippen molar-refractivity contribution in [2.75, 3.05) is 0 Å². The van der Waals surface area contributed by atoms with Gasteiger partial charge in [-0.15, -0.1) is 0 Å². The van der Waals surface area contributed by atoms with E-state index in [2.05, 4.69) is 93.6 Å². The SMILES string of the molecule is Cc1ccc(-c2ccc(-[s+]3c4ccccc4c(=O)c4cc(C(C)C)ccc43)cc2)cc1.F[P-](F)(F)(F)(F)F. The molecule has 0 N–H and O–H groups in total. The van der Waals surface area contributed by atoms with Gasteiger partial charge in [-0.05, 0) is 78.1 Å². The van der Waals surface area contributed by atoms with E-state index < -0.39 is 7.81 Å². The van der Waals surface area contributed by atoms with Crippen molar-refractivity contribution in [1.29, 1.82) is 0 Å². The summed E-state index contributed by atoms with van der Waals surface area (Å²) in [4.78, 5) is 14.6. The van der Waals surface area contributed by atoms with Gasteiger partial charge in [-0.1, -0.05) is 61.9 Å². The van der Waals surface area contributed by atoms with E-state index in [0.29, 0.717) is 5.92 Å². The summed E-state index contributed by atoms with van der Waals surface area (Å²) >= 11 is 0. The monoisotopic (exact) mass is 566 g/mol. The Kier molecular flexibility index (Phi) is 6.74. The molecule has 4 aromatic carbocycles. The van der Waals surface area contributed by atoms with Gasteiger partial charge in [-0.25, -0.2) is 0 Å². The fraction of sp³-hybridized carbons (Fsp3) is 0.138. The van der Waals surface area contributed by atoms with Gasteiger partial charge in [-0.2, -0.15) is 0 Å². The van der Waals surface area contributed by atoms with Crippen molar-refractivity contribution >= 4 is 38.5 Å². The minimum absolute atomic E-state index is 0.146. The molecule has 9 heteroatoms. The van der Waals surface area contributed by atoms with E-state index >= 15 is 0 Å². The summed E-state index contributed by atoms with van der Waals surface area (Å²) in [5.41, 5.74) is 5.06. The molecule has 0 bridgehead atoms. The van der Waals surface area contributed by atoms with E-state index in [1.807, 2.05) is 18.2 Å². The summed E-state index contributed by atoms with van der Waals surface area (Å²) in [6, 6.07) is 32.1. The van der Waals surface area contributed by atoms with Crippen LogP contribution in [0.4, 0.5) is 25.2 Å². The molecule has 1 heterocycles. The Bertz CT molecular complexity index is 1680. The van der Waals surface area contributed by atoms with Crippen LogP contribution in [0.5, 0.6) is 0 Å². The van der Waals surface area contributed by atoms with Crippen molar-refractivity contribution in [2.24, 2.45) is 0 Å². The van der Waals surface area contributed by atoms with Crippen LogP contribution in [-0.4, -0.2) is 0 Å². The Morgan fingerprint density at radius 2 is 1.16 bits per heavy atom. The van der Waals surface area contributed by atoms with Gasteiger partial charge in [0.1, 0.15) is 0 Å². The van der Waals surface area contributed by atoms with E-state index in [9.17, 15) is 30.0 Å². The maximum absolute atomic E-state index is 13.3. The summed E-state index contributed by atoms with van der Waals surface area (Å²) in [5.74, 6) is 0.394. The van der Waals surface area contributed by atoms with Crippen molar-refractivity contribution in [3.8, 4) is 16.0 Å². The van der Waals surface area contributed by atoms with Gasteiger partial charge >= 0.3 is 33.0 Å². The zero-order chi connectivity index (χ0) is 27.9. The van der Waals surface area contributed by atoms with Crippen LogP contribution >= 0.6 is 18.3 Å². The topological polar surface area (TPSA) is 17.1 Å². The average Bonchev–Trinajstić information content (AvgIpc) is 2.83. The van der Waals surface area contributed by atoms with E-state index in [-0.39, 0.29) is 15.9 Å². The van der Waals surface area contributed by atoms with Gasteiger partial charge in [0.05, 0.1) is 10.8 Å². The first kappa shape index (κ1) is 27.8. The third-order valence-corrected chi connectivity index (χ3v) is 8.30. The quantitative estimate of drug-likeness (QED) is 0.0919. The van der Waals surface area contributed by atoms with Crippen LogP contribution in [0.15, 0.2) is 95.8 Å². The van der Waals surface area contributed by atoms with Crippen LogP contribution in [0.25, 0.3) is 36.2 Å². The zero-order valence-corrected chi connectivity index (χ0v) is 22.5. The molecule has 0 saturated carbocycles. The summed E-state index contributed by atoms with van der Waals surface area (Å²) < 4.78 is 61.5. The van der Waals surface area contributed by atoms with Gasteiger partial charge < -0.3 is 0 Å². The number of fused-ring (bicyclic) bond motifs is 2. The molecule has 0 saturated heterocycles. The third-order valence-electron chi connectivity index (χ3n) is 5.96. The second kappa shape index (κ2) is 9.21. The molecule has 0 radical (unpaired) electrons. The molecule has 0 fully saturated rings. The Balaban J connectivity index is 0.000000426. The Morgan fingerprint density at radius 1 is 0.658 bits per heavy atom. The first-order valence-electron chi connectivity index (χ1n) is 11.7. The first-order chi connectivity index (χ1) is 17.5. The molecule has 0 amide bonds. The molecule has 0 aliphatic rings. The van der Waals surface area contributed by atoms with Crippen LogP contribution < -0.4 is 5.43 Å². The van der Waals surface area contributed by atoms with Crippen LogP contribution in [0.2, 0.25) is 0 Å². The van der Waals surface area contributed by atoms with Gasteiger partial charge in [0, 0.05) is 10.5 Å². The second-order valence-electron chi connectivity index (χ2n) is 9.39. The Labute approximate surface area is 218 Å². The van der Waals surface area contributed by atoms with E-state index in [1.165, 1.54) is 27.1 Å². The normalized spacial score (nSPS) is 14.1. The van der Waals surface area contributed by atoms with Gasteiger partial charge in [0.2, 0.25) is 5.43 Å². The summed E-state index contributed by atoms with van der Waals surface area (Å²) in [7, 11) is -10.9. The maximum atomic E-state index is 13.3. The number of halogens is 6. The predicted octanol–water partition coefficient (Wildman–Crippen LogP) is 11.6. The summed E-state index contributed by atoms with van der Waals surface area (Å²) in [6.45, 7) is 6.46. The van der Waals surface area contributed by atoms with Crippen molar-refractivity contribution < 1.29 is 25.2 Å². The second-order valence-corrected chi connectivity index (χ2v) is 13.3. The molecule has 1 nitrogen and oxygen atoms in total. The molecule has 0 aliphatic heterocycles. The molecule has 1 atom stereocenters. The van der Waals surface area contributed by atoms with E-state index in [1.54, 1.807) is 0 Å². The molecule has 0 aliphatic carbocycles. The van der Waals surface area contributed by atoms with Gasteiger partial charge in [-0.3, -0.25) is 4.79 Å². The number of hydrogen-bond donors (Lipinski definition) is 0. The molecule has 5 rings (SSSR count). The van der Waals surface area contributed by atoms with Crippen molar-refractivity contribution in [3.05, 3.63) is 112 Å².